The molecule has 0 aromatic carbocycles. The third kappa shape index (κ3) is 4.46. The Morgan fingerprint density at radius 1 is 1.33 bits per heavy atom. The van der Waals surface area contributed by atoms with E-state index in [2.05, 4.69) is 26.1 Å². The monoisotopic (exact) mass is 128 g/mol. The van der Waals surface area contributed by atoms with E-state index in [0.717, 1.165) is 19.0 Å². The van der Waals surface area contributed by atoms with Crippen LogP contribution in [0.4, 0.5) is 0 Å². The Hall–Kier alpha value is -0.0400. The molecule has 1 radical (unpaired) electrons. The first-order chi connectivity index (χ1) is 4.35. The Labute approximate surface area is 58.8 Å². The van der Waals surface area contributed by atoms with E-state index in [4.69, 9.17) is 0 Å². The highest BCUT2D eigenvalue weighted by molar-refractivity contribution is 4.58. The summed E-state index contributed by atoms with van der Waals surface area (Å²) in [6.45, 7) is 10.2. The van der Waals surface area contributed by atoms with Gasteiger partial charge >= 0.3 is 0 Å². The van der Waals surface area contributed by atoms with Crippen LogP contribution in [0.3, 0.4) is 0 Å². The van der Waals surface area contributed by atoms with E-state index >= 15 is 0 Å². The van der Waals surface area contributed by atoms with Crippen molar-refractivity contribution in [1.82, 2.24) is 5.32 Å². The van der Waals surface area contributed by atoms with E-state index in [9.17, 15) is 0 Å². The SMILES string of the molecule is [CH2]CNCC(CC)CC. The molecule has 0 bridgehead atoms. The predicted molar refractivity (Wildman–Crippen MR) is 42.3 cm³/mol. The van der Waals surface area contributed by atoms with Gasteiger partial charge in [0, 0.05) is 0 Å². The molecule has 0 amide bonds. The van der Waals surface area contributed by atoms with Gasteiger partial charge in [0.2, 0.25) is 0 Å². The summed E-state index contributed by atoms with van der Waals surface area (Å²) in [7, 11) is 0. The average Bonchev–Trinajstić information content (AvgIpc) is 1.91. The first-order valence-corrected chi connectivity index (χ1v) is 3.85. The molecule has 0 unspecified atom stereocenters. The second kappa shape index (κ2) is 6.09. The van der Waals surface area contributed by atoms with Gasteiger partial charge in [-0.25, -0.2) is 0 Å². The van der Waals surface area contributed by atoms with Gasteiger partial charge < -0.3 is 5.32 Å². The highest BCUT2D eigenvalue weighted by Crippen LogP contribution is 2.04. The third-order valence-corrected chi connectivity index (χ3v) is 1.76. The zero-order chi connectivity index (χ0) is 7.11. The molecule has 0 aromatic heterocycles. The van der Waals surface area contributed by atoms with Gasteiger partial charge in [-0.2, -0.15) is 0 Å². The second-order valence-electron chi connectivity index (χ2n) is 2.39. The summed E-state index contributed by atoms with van der Waals surface area (Å²) in [6, 6.07) is 0. The second-order valence-corrected chi connectivity index (χ2v) is 2.39. The Morgan fingerprint density at radius 3 is 2.22 bits per heavy atom. The maximum absolute atomic E-state index is 3.72. The van der Waals surface area contributed by atoms with Crippen LogP contribution in [0.2, 0.25) is 0 Å². The van der Waals surface area contributed by atoms with Crippen molar-refractivity contribution in [2.75, 3.05) is 13.1 Å². The predicted octanol–water partition coefficient (Wildman–Crippen LogP) is 1.85. The zero-order valence-corrected chi connectivity index (χ0v) is 6.61. The Morgan fingerprint density at radius 2 is 1.89 bits per heavy atom. The van der Waals surface area contributed by atoms with Crippen molar-refractivity contribution in [3.8, 4) is 0 Å². The number of hydrogen-bond donors (Lipinski definition) is 1. The average molecular weight is 128 g/mol. The van der Waals surface area contributed by atoms with Crippen LogP contribution >= 0.6 is 0 Å². The van der Waals surface area contributed by atoms with Gasteiger partial charge in [0.05, 0.1) is 0 Å². The van der Waals surface area contributed by atoms with Crippen molar-refractivity contribution >= 4 is 0 Å². The molecular formula is C8H18N. The normalized spacial score (nSPS) is 10.7. The molecule has 9 heavy (non-hydrogen) atoms. The van der Waals surface area contributed by atoms with Crippen LogP contribution in [0.15, 0.2) is 0 Å². The first kappa shape index (κ1) is 8.96. The molecule has 0 saturated heterocycles. The molecule has 0 heterocycles. The molecule has 0 aliphatic rings. The van der Waals surface area contributed by atoms with Crippen LogP contribution in [-0.2, 0) is 0 Å². The van der Waals surface area contributed by atoms with Crippen LogP contribution in [0, 0.1) is 12.8 Å². The summed E-state index contributed by atoms with van der Waals surface area (Å²) < 4.78 is 0. The third-order valence-electron chi connectivity index (χ3n) is 1.76. The van der Waals surface area contributed by atoms with Gasteiger partial charge in [-0.05, 0) is 25.9 Å². The van der Waals surface area contributed by atoms with Gasteiger partial charge in [0.15, 0.2) is 0 Å². The minimum absolute atomic E-state index is 0.853. The molecule has 0 rings (SSSR count). The van der Waals surface area contributed by atoms with Crippen LogP contribution in [0.1, 0.15) is 26.7 Å². The fourth-order valence-corrected chi connectivity index (χ4v) is 0.884. The molecule has 1 nitrogen and oxygen atoms in total. The van der Waals surface area contributed by atoms with Crippen LogP contribution in [-0.4, -0.2) is 13.1 Å². The van der Waals surface area contributed by atoms with E-state index in [1.807, 2.05) is 0 Å². The molecular weight excluding hydrogens is 110 g/mol. The Kier molecular flexibility index (Phi) is 6.06. The van der Waals surface area contributed by atoms with Crippen LogP contribution in [0.25, 0.3) is 0 Å². The lowest BCUT2D eigenvalue weighted by molar-refractivity contribution is 0.461. The number of hydrogen-bond acceptors (Lipinski definition) is 1. The molecule has 1 heteroatoms. The molecule has 0 saturated carbocycles. The molecule has 0 aromatic rings. The molecule has 0 fully saturated rings. The highest BCUT2D eigenvalue weighted by atomic mass is 14.8. The van der Waals surface area contributed by atoms with E-state index in [0.29, 0.717) is 0 Å². The Balaban J connectivity index is 3.09. The van der Waals surface area contributed by atoms with E-state index in [1.54, 1.807) is 0 Å². The first-order valence-electron chi connectivity index (χ1n) is 3.85. The largest absolute Gasteiger partial charge is 0.316 e. The lowest BCUT2D eigenvalue weighted by Gasteiger charge is -2.11. The van der Waals surface area contributed by atoms with Gasteiger partial charge in [-0.1, -0.05) is 26.7 Å². The van der Waals surface area contributed by atoms with E-state index in [-0.39, 0.29) is 0 Å². The van der Waals surface area contributed by atoms with Gasteiger partial charge in [-0.15, -0.1) is 0 Å². The summed E-state index contributed by atoms with van der Waals surface area (Å²) in [6.07, 6.45) is 2.56. The van der Waals surface area contributed by atoms with Crippen molar-refractivity contribution in [2.24, 2.45) is 5.92 Å². The van der Waals surface area contributed by atoms with Crippen molar-refractivity contribution in [2.45, 2.75) is 26.7 Å². The standard InChI is InChI=1S/C8H18N/c1-4-8(5-2)7-9-6-3/h8-9H,3-7H2,1-2H3. The van der Waals surface area contributed by atoms with Gasteiger partial charge in [0.1, 0.15) is 0 Å². The molecule has 0 aliphatic carbocycles. The van der Waals surface area contributed by atoms with Crippen molar-refractivity contribution in [3.05, 3.63) is 6.92 Å². The van der Waals surface area contributed by atoms with Crippen molar-refractivity contribution in [1.29, 1.82) is 0 Å². The van der Waals surface area contributed by atoms with Gasteiger partial charge in [-0.3, -0.25) is 0 Å². The number of rotatable bonds is 5. The highest BCUT2D eigenvalue weighted by Gasteiger charge is 1.99. The topological polar surface area (TPSA) is 12.0 Å². The summed E-state index contributed by atoms with van der Waals surface area (Å²) in [5, 5.41) is 3.24. The van der Waals surface area contributed by atoms with E-state index in [1.165, 1.54) is 12.8 Å². The van der Waals surface area contributed by atoms with Crippen LogP contribution < -0.4 is 5.32 Å². The minimum atomic E-state index is 0.853. The minimum Gasteiger partial charge on any atom is -0.316 e. The molecule has 0 aliphatic heterocycles. The smallest absolute Gasteiger partial charge is 0.00207 e. The summed E-state index contributed by atoms with van der Waals surface area (Å²) >= 11 is 0. The molecule has 1 N–H and O–H groups in total. The molecule has 55 valence electrons. The fraction of sp³-hybridized carbons (Fsp3) is 0.875. The van der Waals surface area contributed by atoms with Gasteiger partial charge in [0.25, 0.3) is 0 Å². The van der Waals surface area contributed by atoms with Crippen molar-refractivity contribution in [3.63, 3.8) is 0 Å². The molecule has 0 atom stereocenters. The summed E-state index contributed by atoms with van der Waals surface area (Å²) in [5.41, 5.74) is 0. The summed E-state index contributed by atoms with van der Waals surface area (Å²) in [5.74, 6) is 0.853. The fourth-order valence-electron chi connectivity index (χ4n) is 0.884. The quantitative estimate of drug-likeness (QED) is 0.596. The van der Waals surface area contributed by atoms with Crippen LogP contribution in [0.5, 0.6) is 0 Å². The molecule has 0 spiro atoms. The lowest BCUT2D eigenvalue weighted by atomic mass is 10.0. The maximum Gasteiger partial charge on any atom is -0.00207 e. The van der Waals surface area contributed by atoms with Crippen molar-refractivity contribution < 1.29 is 0 Å². The maximum atomic E-state index is 3.72. The zero-order valence-electron chi connectivity index (χ0n) is 6.61. The summed E-state index contributed by atoms with van der Waals surface area (Å²) in [4.78, 5) is 0. The lowest BCUT2D eigenvalue weighted by Crippen LogP contribution is -2.21. The number of nitrogens with one attached hydrogen (secondary N) is 1. The Bertz CT molecular complexity index is 48.5. The van der Waals surface area contributed by atoms with E-state index < -0.39 is 0 Å².